The molecule has 0 unspecified atom stereocenters. The summed E-state index contributed by atoms with van der Waals surface area (Å²) in [5.41, 5.74) is -3.62. The molecule has 108 valence electrons. The van der Waals surface area contributed by atoms with Crippen LogP contribution < -0.4 is 0 Å². The fraction of sp³-hybridized carbons (Fsp3) is 0.250. The number of pyridine rings is 1. The van der Waals surface area contributed by atoms with Gasteiger partial charge in [-0.05, 0) is 30.7 Å². The summed E-state index contributed by atoms with van der Waals surface area (Å²) in [4.78, 5) is 4.23. The Labute approximate surface area is 113 Å². The average Bonchev–Trinajstić information content (AvgIpc) is 2.35. The minimum absolute atomic E-state index is 0.316. The zero-order chi connectivity index (χ0) is 15.0. The second kappa shape index (κ2) is 5.02. The van der Waals surface area contributed by atoms with Gasteiger partial charge in [-0.3, -0.25) is 9.17 Å². The van der Waals surface area contributed by atoms with Crippen LogP contribution in [0.25, 0.3) is 10.9 Å². The highest BCUT2D eigenvalue weighted by molar-refractivity contribution is 7.87. The van der Waals surface area contributed by atoms with Crippen LogP contribution in [0, 0.1) is 6.92 Å². The van der Waals surface area contributed by atoms with Crippen LogP contribution in [0.3, 0.4) is 0 Å². The zero-order valence-electron chi connectivity index (χ0n) is 10.3. The monoisotopic (exact) mass is 305 g/mol. The molecule has 1 heterocycles. The fourth-order valence-corrected chi connectivity index (χ4v) is 2.00. The van der Waals surface area contributed by atoms with E-state index in [1.807, 2.05) is 6.92 Å². The van der Waals surface area contributed by atoms with Gasteiger partial charge in [0.2, 0.25) is 0 Å². The molecule has 0 atom stereocenters. The quantitative estimate of drug-likeness (QED) is 0.646. The van der Waals surface area contributed by atoms with Crippen molar-refractivity contribution < 1.29 is 25.8 Å². The van der Waals surface area contributed by atoms with E-state index in [9.17, 15) is 21.6 Å². The van der Waals surface area contributed by atoms with Gasteiger partial charge in [-0.25, -0.2) is 0 Å². The van der Waals surface area contributed by atoms with E-state index in [1.165, 1.54) is 12.1 Å². The van der Waals surface area contributed by atoms with Crippen LogP contribution in [0.15, 0.2) is 30.3 Å². The molecule has 0 aliphatic heterocycles. The maximum Gasteiger partial charge on any atom is 0.523 e. The number of nitrogens with zero attached hydrogens (tertiary/aromatic N) is 1. The van der Waals surface area contributed by atoms with Crippen molar-refractivity contribution in [3.63, 3.8) is 0 Å². The van der Waals surface area contributed by atoms with Crippen molar-refractivity contribution in [3.05, 3.63) is 41.6 Å². The van der Waals surface area contributed by atoms with Gasteiger partial charge in [-0.1, -0.05) is 12.1 Å². The van der Waals surface area contributed by atoms with Gasteiger partial charge in [0.15, 0.2) is 0 Å². The Balaban J connectivity index is 2.21. The van der Waals surface area contributed by atoms with Crippen LogP contribution in [0.4, 0.5) is 13.2 Å². The van der Waals surface area contributed by atoms with E-state index >= 15 is 0 Å². The van der Waals surface area contributed by atoms with Crippen LogP contribution in [-0.4, -0.2) is 18.9 Å². The molecule has 4 nitrogen and oxygen atoms in total. The van der Waals surface area contributed by atoms with E-state index in [4.69, 9.17) is 0 Å². The van der Waals surface area contributed by atoms with E-state index in [1.54, 1.807) is 18.2 Å². The predicted octanol–water partition coefficient (Wildman–Crippen LogP) is 2.91. The maximum absolute atomic E-state index is 12.1. The lowest BCUT2D eigenvalue weighted by Crippen LogP contribution is -2.25. The number of alkyl halides is 3. The maximum atomic E-state index is 12.1. The van der Waals surface area contributed by atoms with E-state index in [2.05, 4.69) is 9.17 Å². The van der Waals surface area contributed by atoms with Crippen LogP contribution >= 0.6 is 0 Å². The summed E-state index contributed by atoms with van der Waals surface area (Å²) in [6.07, 6.45) is 0. The molecular formula is C12H10F3NO3S. The van der Waals surface area contributed by atoms with E-state index in [0.717, 1.165) is 5.69 Å². The Morgan fingerprint density at radius 3 is 2.55 bits per heavy atom. The minimum atomic E-state index is -5.57. The fourth-order valence-electron chi connectivity index (χ4n) is 1.58. The van der Waals surface area contributed by atoms with Gasteiger partial charge in [0.1, 0.15) is 0 Å². The number of hydrogen-bond acceptors (Lipinski definition) is 4. The van der Waals surface area contributed by atoms with Crippen LogP contribution in [-0.2, 0) is 20.9 Å². The highest BCUT2D eigenvalue weighted by atomic mass is 32.2. The standard InChI is InChI=1S/C12H10F3NO3S/c1-8-2-4-10-6-9(3-5-11(10)16-8)7-19-20(17,18)12(13,14)15/h2-6H,7H2,1H3. The molecule has 1 aromatic heterocycles. The van der Waals surface area contributed by atoms with Gasteiger partial charge in [0, 0.05) is 11.1 Å². The molecule has 2 aromatic rings. The summed E-state index contributed by atoms with van der Waals surface area (Å²) in [5.74, 6) is 0. The lowest BCUT2D eigenvalue weighted by atomic mass is 10.1. The highest BCUT2D eigenvalue weighted by Crippen LogP contribution is 2.26. The Hall–Kier alpha value is -1.67. The summed E-state index contributed by atoms with van der Waals surface area (Å²) < 4.78 is 61.9. The summed E-state index contributed by atoms with van der Waals surface area (Å²) in [6, 6.07) is 8.11. The van der Waals surface area contributed by atoms with Gasteiger partial charge in [-0.2, -0.15) is 21.6 Å². The molecule has 0 saturated carbocycles. The molecule has 0 aliphatic rings. The summed E-state index contributed by atoms with van der Waals surface area (Å²) in [6.45, 7) is 1.14. The molecule has 20 heavy (non-hydrogen) atoms. The predicted molar refractivity (Wildman–Crippen MR) is 66.2 cm³/mol. The van der Waals surface area contributed by atoms with E-state index < -0.39 is 22.2 Å². The van der Waals surface area contributed by atoms with Crippen LogP contribution in [0.5, 0.6) is 0 Å². The zero-order valence-corrected chi connectivity index (χ0v) is 11.1. The summed E-state index contributed by atoms with van der Waals surface area (Å²) in [7, 11) is -5.57. The third-order valence-corrected chi connectivity index (χ3v) is 3.55. The first-order valence-electron chi connectivity index (χ1n) is 5.51. The smallest absolute Gasteiger partial charge is 0.258 e. The Kier molecular flexibility index (Phi) is 3.70. The van der Waals surface area contributed by atoms with Gasteiger partial charge >= 0.3 is 15.6 Å². The normalized spacial score (nSPS) is 12.8. The van der Waals surface area contributed by atoms with Crippen LogP contribution in [0.1, 0.15) is 11.3 Å². The number of rotatable bonds is 3. The number of fused-ring (bicyclic) bond motifs is 1. The van der Waals surface area contributed by atoms with Crippen molar-refractivity contribution in [1.29, 1.82) is 0 Å². The van der Waals surface area contributed by atoms with Crippen LogP contribution in [0.2, 0.25) is 0 Å². The average molecular weight is 305 g/mol. The molecule has 0 N–H and O–H groups in total. The molecule has 0 aliphatic carbocycles. The molecule has 0 amide bonds. The molecule has 0 spiro atoms. The molecule has 8 heteroatoms. The molecule has 0 radical (unpaired) electrons. The molecule has 0 fully saturated rings. The Morgan fingerprint density at radius 1 is 1.20 bits per heavy atom. The van der Waals surface area contributed by atoms with Crippen molar-refractivity contribution in [2.75, 3.05) is 0 Å². The van der Waals surface area contributed by atoms with Crippen molar-refractivity contribution in [2.24, 2.45) is 0 Å². The highest BCUT2D eigenvalue weighted by Gasteiger charge is 2.47. The first-order chi connectivity index (χ1) is 9.19. The third-order valence-electron chi connectivity index (χ3n) is 2.56. The number of halogens is 3. The van der Waals surface area contributed by atoms with Gasteiger partial charge in [0.25, 0.3) is 0 Å². The van der Waals surface area contributed by atoms with Crippen molar-refractivity contribution in [3.8, 4) is 0 Å². The molecular weight excluding hydrogens is 295 g/mol. The lowest BCUT2D eigenvalue weighted by Gasteiger charge is -2.08. The third kappa shape index (κ3) is 3.07. The number of aromatic nitrogens is 1. The SMILES string of the molecule is Cc1ccc2cc(COS(=O)(=O)C(F)(F)F)ccc2n1. The molecule has 2 rings (SSSR count). The molecule has 0 bridgehead atoms. The van der Waals surface area contributed by atoms with Crippen molar-refractivity contribution >= 4 is 21.0 Å². The van der Waals surface area contributed by atoms with Gasteiger partial charge in [-0.15, -0.1) is 0 Å². The number of hydrogen-bond donors (Lipinski definition) is 0. The summed E-state index contributed by atoms with van der Waals surface area (Å²) >= 11 is 0. The van der Waals surface area contributed by atoms with E-state index in [0.29, 0.717) is 16.5 Å². The summed E-state index contributed by atoms with van der Waals surface area (Å²) in [5, 5.41) is 0.695. The van der Waals surface area contributed by atoms with E-state index in [-0.39, 0.29) is 0 Å². The number of aryl methyl sites for hydroxylation is 1. The second-order valence-electron chi connectivity index (χ2n) is 4.14. The van der Waals surface area contributed by atoms with Crippen molar-refractivity contribution in [1.82, 2.24) is 4.98 Å². The topological polar surface area (TPSA) is 56.3 Å². The van der Waals surface area contributed by atoms with Gasteiger partial charge in [0.05, 0.1) is 12.1 Å². The lowest BCUT2D eigenvalue weighted by molar-refractivity contribution is -0.0547. The second-order valence-corrected chi connectivity index (χ2v) is 5.75. The first-order valence-corrected chi connectivity index (χ1v) is 6.92. The Bertz CT molecular complexity index is 741. The largest absolute Gasteiger partial charge is 0.523 e. The molecule has 1 aromatic carbocycles. The van der Waals surface area contributed by atoms with Crippen molar-refractivity contribution in [2.45, 2.75) is 19.0 Å². The Morgan fingerprint density at radius 2 is 1.90 bits per heavy atom. The minimum Gasteiger partial charge on any atom is -0.258 e. The number of benzene rings is 1. The van der Waals surface area contributed by atoms with Gasteiger partial charge < -0.3 is 0 Å². The first kappa shape index (κ1) is 14.7. The molecule has 0 saturated heterocycles.